The summed E-state index contributed by atoms with van der Waals surface area (Å²) >= 11 is 1.33. The standard InChI is InChI=1S/C10H14N2O4S2/c1-16-9(13)8-7-17-10(11-8)12-3-2-5-18(14,15)6-4-12/h7H,2-6H2,1H3. The van der Waals surface area contributed by atoms with Crippen LogP contribution in [0.2, 0.25) is 0 Å². The van der Waals surface area contributed by atoms with Gasteiger partial charge >= 0.3 is 5.97 Å². The Balaban J connectivity index is 2.12. The molecule has 8 heteroatoms. The number of methoxy groups -OCH3 is 1. The highest BCUT2D eigenvalue weighted by Crippen LogP contribution is 2.22. The molecule has 0 saturated carbocycles. The van der Waals surface area contributed by atoms with E-state index in [4.69, 9.17) is 0 Å². The Labute approximate surface area is 110 Å². The summed E-state index contributed by atoms with van der Waals surface area (Å²) in [5, 5.41) is 2.30. The highest BCUT2D eigenvalue weighted by molar-refractivity contribution is 7.91. The third-order valence-electron chi connectivity index (χ3n) is 2.71. The Bertz CT molecular complexity index is 538. The van der Waals surface area contributed by atoms with Gasteiger partial charge in [-0.25, -0.2) is 18.2 Å². The van der Waals surface area contributed by atoms with Crippen LogP contribution in [0.3, 0.4) is 0 Å². The average molecular weight is 290 g/mol. The SMILES string of the molecule is COC(=O)c1csc(N2CCCS(=O)(=O)CC2)n1. The number of sulfone groups is 1. The number of carbonyl (C=O) groups is 1. The Morgan fingerprint density at radius 1 is 1.44 bits per heavy atom. The molecule has 0 atom stereocenters. The van der Waals surface area contributed by atoms with E-state index in [2.05, 4.69) is 9.72 Å². The summed E-state index contributed by atoms with van der Waals surface area (Å²) < 4.78 is 27.6. The molecule has 0 amide bonds. The van der Waals surface area contributed by atoms with E-state index in [-0.39, 0.29) is 17.2 Å². The first kappa shape index (κ1) is 13.3. The third kappa shape index (κ3) is 2.99. The van der Waals surface area contributed by atoms with Crippen molar-refractivity contribution in [3.8, 4) is 0 Å². The van der Waals surface area contributed by atoms with Crippen LogP contribution in [0.4, 0.5) is 5.13 Å². The largest absolute Gasteiger partial charge is 0.464 e. The molecule has 18 heavy (non-hydrogen) atoms. The maximum Gasteiger partial charge on any atom is 0.357 e. The van der Waals surface area contributed by atoms with E-state index in [0.29, 0.717) is 24.6 Å². The summed E-state index contributed by atoms with van der Waals surface area (Å²) in [6, 6.07) is 0. The molecule has 0 aliphatic carbocycles. The summed E-state index contributed by atoms with van der Waals surface area (Å²) in [7, 11) is -1.63. The molecule has 1 aliphatic rings. The lowest BCUT2D eigenvalue weighted by Gasteiger charge is -2.17. The van der Waals surface area contributed by atoms with Crippen molar-refractivity contribution in [3.63, 3.8) is 0 Å². The number of ether oxygens (including phenoxy) is 1. The Morgan fingerprint density at radius 3 is 2.94 bits per heavy atom. The molecule has 1 saturated heterocycles. The molecule has 6 nitrogen and oxygen atoms in total. The molecule has 0 spiro atoms. The first-order valence-corrected chi connectivity index (χ1v) is 8.21. The lowest BCUT2D eigenvalue weighted by molar-refractivity contribution is 0.0595. The average Bonchev–Trinajstić information content (AvgIpc) is 2.74. The summed E-state index contributed by atoms with van der Waals surface area (Å²) in [4.78, 5) is 17.4. The Morgan fingerprint density at radius 2 is 2.22 bits per heavy atom. The number of thiazole rings is 1. The number of hydrogen-bond acceptors (Lipinski definition) is 7. The van der Waals surface area contributed by atoms with Crippen molar-refractivity contribution >= 4 is 32.3 Å². The van der Waals surface area contributed by atoms with Gasteiger partial charge in [-0.2, -0.15) is 0 Å². The smallest absolute Gasteiger partial charge is 0.357 e. The predicted octanol–water partition coefficient (Wildman–Crippen LogP) is 0.555. The molecule has 0 aromatic carbocycles. The molecular formula is C10H14N2O4S2. The number of anilines is 1. The Hall–Kier alpha value is -1.15. The minimum atomic E-state index is -2.93. The van der Waals surface area contributed by atoms with Gasteiger partial charge in [0.2, 0.25) is 0 Å². The van der Waals surface area contributed by atoms with Gasteiger partial charge in [-0.1, -0.05) is 0 Å². The van der Waals surface area contributed by atoms with E-state index < -0.39 is 15.8 Å². The molecule has 2 rings (SSSR count). The number of aromatic nitrogens is 1. The van der Waals surface area contributed by atoms with Crippen LogP contribution >= 0.6 is 11.3 Å². The van der Waals surface area contributed by atoms with Crippen LogP contribution in [0.15, 0.2) is 5.38 Å². The highest BCUT2D eigenvalue weighted by atomic mass is 32.2. The van der Waals surface area contributed by atoms with Crippen molar-refractivity contribution in [1.82, 2.24) is 4.98 Å². The van der Waals surface area contributed by atoms with Gasteiger partial charge < -0.3 is 9.64 Å². The van der Waals surface area contributed by atoms with Crippen LogP contribution < -0.4 is 4.90 Å². The van der Waals surface area contributed by atoms with E-state index in [9.17, 15) is 13.2 Å². The number of hydrogen-bond donors (Lipinski definition) is 0. The van der Waals surface area contributed by atoms with E-state index in [1.807, 2.05) is 4.90 Å². The van der Waals surface area contributed by atoms with Crippen LogP contribution in [0, 0.1) is 0 Å². The molecule has 1 aromatic heterocycles. The van der Waals surface area contributed by atoms with Crippen molar-refractivity contribution in [2.45, 2.75) is 6.42 Å². The van der Waals surface area contributed by atoms with Gasteiger partial charge in [0.05, 0.1) is 18.6 Å². The van der Waals surface area contributed by atoms with Gasteiger partial charge in [-0.3, -0.25) is 0 Å². The molecule has 0 unspecified atom stereocenters. The maximum atomic E-state index is 11.5. The number of carbonyl (C=O) groups excluding carboxylic acids is 1. The van der Waals surface area contributed by atoms with Crippen LogP contribution in [0.25, 0.3) is 0 Å². The molecule has 0 N–H and O–H groups in total. The quantitative estimate of drug-likeness (QED) is 0.741. The van der Waals surface area contributed by atoms with Crippen molar-refractivity contribution in [2.75, 3.05) is 36.6 Å². The summed E-state index contributed by atoms with van der Waals surface area (Å²) in [5.41, 5.74) is 0.268. The molecule has 1 fully saturated rings. The van der Waals surface area contributed by atoms with Gasteiger partial charge in [0.15, 0.2) is 20.7 Å². The van der Waals surface area contributed by atoms with E-state index in [1.165, 1.54) is 18.4 Å². The first-order valence-electron chi connectivity index (χ1n) is 5.51. The molecule has 0 bridgehead atoms. The summed E-state index contributed by atoms with van der Waals surface area (Å²) in [5.74, 6) is -0.112. The molecular weight excluding hydrogens is 276 g/mol. The lowest BCUT2D eigenvalue weighted by Crippen LogP contribution is -2.26. The minimum Gasteiger partial charge on any atom is -0.464 e. The Kier molecular flexibility index (Phi) is 3.86. The van der Waals surface area contributed by atoms with Crippen molar-refractivity contribution < 1.29 is 17.9 Å². The maximum absolute atomic E-state index is 11.5. The zero-order valence-corrected chi connectivity index (χ0v) is 11.6. The summed E-state index contributed by atoms with van der Waals surface area (Å²) in [6.45, 7) is 1.07. The third-order valence-corrected chi connectivity index (χ3v) is 5.33. The zero-order valence-electron chi connectivity index (χ0n) is 9.96. The van der Waals surface area contributed by atoms with Crippen molar-refractivity contribution in [2.24, 2.45) is 0 Å². The van der Waals surface area contributed by atoms with Crippen molar-refractivity contribution in [1.29, 1.82) is 0 Å². The number of nitrogens with zero attached hydrogens (tertiary/aromatic N) is 2. The molecule has 1 aromatic rings. The second kappa shape index (κ2) is 5.23. The first-order chi connectivity index (χ1) is 8.52. The van der Waals surface area contributed by atoms with Gasteiger partial charge in [0, 0.05) is 18.5 Å². The monoisotopic (exact) mass is 290 g/mol. The van der Waals surface area contributed by atoms with Crippen LogP contribution in [-0.2, 0) is 14.6 Å². The highest BCUT2D eigenvalue weighted by Gasteiger charge is 2.22. The molecule has 1 aliphatic heterocycles. The second-order valence-corrected chi connectivity index (χ2v) is 7.14. The van der Waals surface area contributed by atoms with Gasteiger partial charge in [0.25, 0.3) is 0 Å². The van der Waals surface area contributed by atoms with Crippen LogP contribution in [0.1, 0.15) is 16.9 Å². The fraction of sp³-hybridized carbons (Fsp3) is 0.600. The van der Waals surface area contributed by atoms with Gasteiger partial charge in [0.1, 0.15) is 0 Å². The molecule has 100 valence electrons. The van der Waals surface area contributed by atoms with Gasteiger partial charge in [-0.15, -0.1) is 11.3 Å². The lowest BCUT2D eigenvalue weighted by atomic mass is 10.4. The number of esters is 1. The molecule has 2 heterocycles. The zero-order chi connectivity index (χ0) is 13.2. The fourth-order valence-corrected chi connectivity index (χ4v) is 3.86. The predicted molar refractivity (Wildman–Crippen MR) is 68.9 cm³/mol. The summed E-state index contributed by atoms with van der Waals surface area (Å²) in [6.07, 6.45) is 0.593. The van der Waals surface area contributed by atoms with E-state index in [0.717, 1.165) is 0 Å². The van der Waals surface area contributed by atoms with Crippen LogP contribution in [-0.4, -0.2) is 51.1 Å². The minimum absolute atomic E-state index is 0.139. The van der Waals surface area contributed by atoms with Crippen LogP contribution in [0.5, 0.6) is 0 Å². The normalized spacial score (nSPS) is 19.3. The topological polar surface area (TPSA) is 76.6 Å². The fourth-order valence-electron chi connectivity index (χ4n) is 1.74. The van der Waals surface area contributed by atoms with E-state index >= 15 is 0 Å². The molecule has 0 radical (unpaired) electrons. The van der Waals surface area contributed by atoms with E-state index in [1.54, 1.807) is 5.38 Å². The van der Waals surface area contributed by atoms with Crippen molar-refractivity contribution in [3.05, 3.63) is 11.1 Å². The second-order valence-electron chi connectivity index (χ2n) is 4.00. The van der Waals surface area contributed by atoms with Gasteiger partial charge in [-0.05, 0) is 6.42 Å². The number of rotatable bonds is 2.